The van der Waals surface area contributed by atoms with Gasteiger partial charge in [-0.1, -0.05) is 15.9 Å². The Labute approximate surface area is 140 Å². The minimum atomic E-state index is -0.231. The Bertz CT molecular complexity index is 551. The van der Waals surface area contributed by atoms with Crippen LogP contribution in [0, 0.1) is 0 Å². The van der Waals surface area contributed by atoms with Gasteiger partial charge in [0, 0.05) is 19.4 Å². The third kappa shape index (κ3) is 3.12. The number of rotatable bonds is 3. The predicted octanol–water partition coefficient (Wildman–Crippen LogP) is 6.37. The maximum Gasteiger partial charge on any atom is 0.124 e. The van der Waals surface area contributed by atoms with Gasteiger partial charge in [-0.25, -0.2) is 0 Å². The quantitative estimate of drug-likeness (QED) is 0.469. The number of benzene rings is 1. The van der Waals surface area contributed by atoms with Crippen molar-refractivity contribution >= 4 is 70.7 Å². The van der Waals surface area contributed by atoms with Crippen molar-refractivity contribution in [2.45, 2.75) is 5.38 Å². The summed E-state index contributed by atoms with van der Waals surface area (Å²) in [5.74, 6) is 0.791. The Kier molecular flexibility index (Phi) is 5.17. The molecule has 0 bridgehead atoms. The molecule has 1 atom stereocenters. The molecule has 0 aliphatic rings. The minimum absolute atomic E-state index is 0.231. The first-order valence-electron chi connectivity index (χ1n) is 4.95. The van der Waals surface area contributed by atoms with Gasteiger partial charge in [-0.3, -0.25) is 0 Å². The third-order valence-electron chi connectivity index (χ3n) is 2.38. The van der Waals surface area contributed by atoms with Crippen LogP contribution in [0.3, 0.4) is 0 Å². The van der Waals surface area contributed by atoms with Gasteiger partial charge in [-0.2, -0.15) is 0 Å². The average molecular weight is 475 g/mol. The summed E-state index contributed by atoms with van der Waals surface area (Å²) in [5, 5.41) is -0.231. The lowest BCUT2D eigenvalue weighted by molar-refractivity contribution is 0.410. The topological polar surface area (TPSA) is 9.23 Å². The van der Waals surface area contributed by atoms with Gasteiger partial charge >= 0.3 is 0 Å². The van der Waals surface area contributed by atoms with Crippen molar-refractivity contribution < 1.29 is 4.74 Å². The van der Waals surface area contributed by atoms with E-state index in [4.69, 9.17) is 16.3 Å². The number of hydrogen-bond donors (Lipinski definition) is 0. The van der Waals surface area contributed by atoms with E-state index in [9.17, 15) is 0 Å². The lowest BCUT2D eigenvalue weighted by Gasteiger charge is -2.13. The second-order valence-corrected chi connectivity index (χ2v) is 8.13. The highest BCUT2D eigenvalue weighted by molar-refractivity contribution is 9.13. The van der Waals surface area contributed by atoms with E-state index < -0.39 is 0 Å². The molecule has 1 nitrogen and oxygen atoms in total. The molecule has 0 spiro atoms. The lowest BCUT2D eigenvalue weighted by atomic mass is 10.1. The molecule has 0 saturated carbocycles. The molecular formula is C12H8Br3ClOS. The minimum Gasteiger partial charge on any atom is -0.496 e. The lowest BCUT2D eigenvalue weighted by Crippen LogP contribution is -1.95. The molecule has 96 valence electrons. The van der Waals surface area contributed by atoms with E-state index in [-0.39, 0.29) is 5.38 Å². The highest BCUT2D eigenvalue weighted by atomic mass is 79.9. The molecule has 1 heterocycles. The molecule has 0 aliphatic heterocycles. The Hall–Kier alpha value is 0.450. The van der Waals surface area contributed by atoms with Gasteiger partial charge in [-0.05, 0) is 56.1 Å². The van der Waals surface area contributed by atoms with E-state index in [0.717, 1.165) is 28.9 Å². The third-order valence-corrected chi connectivity index (χ3v) is 6.79. The van der Waals surface area contributed by atoms with Crippen molar-refractivity contribution in [1.29, 1.82) is 0 Å². The highest BCUT2D eigenvalue weighted by Gasteiger charge is 2.19. The zero-order valence-corrected chi connectivity index (χ0v) is 15.5. The van der Waals surface area contributed by atoms with Gasteiger partial charge in [0.25, 0.3) is 0 Å². The van der Waals surface area contributed by atoms with Crippen molar-refractivity contribution in [2.75, 3.05) is 7.11 Å². The summed E-state index contributed by atoms with van der Waals surface area (Å²) in [6.45, 7) is 0. The summed E-state index contributed by atoms with van der Waals surface area (Å²) in [5.41, 5.74) is 0.954. The van der Waals surface area contributed by atoms with Crippen LogP contribution in [-0.4, -0.2) is 7.11 Å². The van der Waals surface area contributed by atoms with Crippen LogP contribution in [0.4, 0.5) is 0 Å². The molecule has 0 amide bonds. The maximum atomic E-state index is 6.54. The first-order valence-corrected chi connectivity index (χ1v) is 8.58. The van der Waals surface area contributed by atoms with Gasteiger partial charge in [0.15, 0.2) is 0 Å². The van der Waals surface area contributed by atoms with Crippen molar-refractivity contribution in [3.05, 3.63) is 47.4 Å². The van der Waals surface area contributed by atoms with Gasteiger partial charge in [-0.15, -0.1) is 22.9 Å². The zero-order valence-electron chi connectivity index (χ0n) is 9.22. The number of halogens is 4. The summed E-state index contributed by atoms with van der Waals surface area (Å²) < 4.78 is 8.40. The summed E-state index contributed by atoms with van der Waals surface area (Å²) in [7, 11) is 1.65. The first kappa shape index (κ1) is 14.9. The number of alkyl halides is 1. The Balaban J connectivity index is 2.44. The largest absolute Gasteiger partial charge is 0.496 e. The van der Waals surface area contributed by atoms with Crippen molar-refractivity contribution in [3.8, 4) is 5.75 Å². The SMILES string of the molecule is COc1ccc(Br)cc1C(Cl)c1cc(Br)c(Br)s1. The van der Waals surface area contributed by atoms with Crippen molar-refractivity contribution in [1.82, 2.24) is 0 Å². The predicted molar refractivity (Wildman–Crippen MR) is 88.1 cm³/mol. The Morgan fingerprint density at radius 2 is 1.94 bits per heavy atom. The van der Waals surface area contributed by atoms with Crippen LogP contribution in [0.2, 0.25) is 0 Å². The molecular weight excluding hydrogens is 467 g/mol. The molecule has 1 aromatic carbocycles. The molecule has 0 N–H and O–H groups in total. The van der Waals surface area contributed by atoms with Crippen molar-refractivity contribution in [3.63, 3.8) is 0 Å². The van der Waals surface area contributed by atoms with Crippen LogP contribution in [0.25, 0.3) is 0 Å². The number of hydrogen-bond acceptors (Lipinski definition) is 2. The molecule has 1 aromatic heterocycles. The monoisotopic (exact) mass is 472 g/mol. The molecule has 0 aliphatic carbocycles. The van der Waals surface area contributed by atoms with E-state index in [1.807, 2.05) is 24.3 Å². The second kappa shape index (κ2) is 6.27. The second-order valence-electron chi connectivity index (χ2n) is 3.52. The summed E-state index contributed by atoms with van der Waals surface area (Å²) in [6, 6.07) is 7.85. The van der Waals surface area contributed by atoms with Crippen LogP contribution in [0.1, 0.15) is 15.8 Å². The van der Waals surface area contributed by atoms with Crippen LogP contribution in [0.15, 0.2) is 37.0 Å². The molecule has 2 rings (SSSR count). The van der Waals surface area contributed by atoms with Crippen LogP contribution in [0.5, 0.6) is 5.75 Å². The molecule has 18 heavy (non-hydrogen) atoms. The van der Waals surface area contributed by atoms with E-state index in [1.54, 1.807) is 18.4 Å². The number of methoxy groups -OCH3 is 1. The van der Waals surface area contributed by atoms with Crippen LogP contribution < -0.4 is 4.74 Å². The zero-order chi connectivity index (χ0) is 13.3. The van der Waals surface area contributed by atoms with Crippen molar-refractivity contribution in [2.24, 2.45) is 0 Å². The molecule has 0 saturated heterocycles. The van der Waals surface area contributed by atoms with E-state index >= 15 is 0 Å². The normalized spacial score (nSPS) is 12.5. The van der Waals surface area contributed by atoms with Crippen LogP contribution >= 0.6 is 70.7 Å². The Morgan fingerprint density at radius 3 is 2.50 bits per heavy atom. The molecule has 1 unspecified atom stereocenters. The standard InChI is InChI=1S/C12H8Br3ClOS/c1-17-9-3-2-6(13)4-7(9)11(16)10-5-8(14)12(15)18-10/h2-5,11H,1H3. The van der Waals surface area contributed by atoms with Crippen LogP contribution in [-0.2, 0) is 0 Å². The molecule has 6 heteroatoms. The fraction of sp³-hybridized carbons (Fsp3) is 0.167. The molecule has 0 radical (unpaired) electrons. The highest BCUT2D eigenvalue weighted by Crippen LogP contribution is 2.43. The van der Waals surface area contributed by atoms with E-state index in [1.165, 1.54) is 0 Å². The smallest absolute Gasteiger partial charge is 0.124 e. The van der Waals surface area contributed by atoms with E-state index in [2.05, 4.69) is 47.8 Å². The maximum absolute atomic E-state index is 6.54. The molecule has 0 fully saturated rings. The molecule has 2 aromatic rings. The van der Waals surface area contributed by atoms with E-state index in [0.29, 0.717) is 0 Å². The summed E-state index contributed by atoms with van der Waals surface area (Å²) in [6.07, 6.45) is 0. The van der Waals surface area contributed by atoms with Gasteiger partial charge in [0.05, 0.1) is 16.3 Å². The average Bonchev–Trinajstić information content (AvgIpc) is 2.68. The van der Waals surface area contributed by atoms with Gasteiger partial charge in [0.1, 0.15) is 5.75 Å². The fourth-order valence-corrected chi connectivity index (χ4v) is 4.38. The van der Waals surface area contributed by atoms with Gasteiger partial charge in [0.2, 0.25) is 0 Å². The summed E-state index contributed by atoms with van der Waals surface area (Å²) in [4.78, 5) is 1.06. The number of thiophene rings is 1. The Morgan fingerprint density at radius 1 is 1.22 bits per heavy atom. The first-order chi connectivity index (χ1) is 8.52. The summed E-state index contributed by atoms with van der Waals surface area (Å²) >= 11 is 18.6. The van der Waals surface area contributed by atoms with Gasteiger partial charge < -0.3 is 4.74 Å². The number of ether oxygens (including phenoxy) is 1. The fourth-order valence-electron chi connectivity index (χ4n) is 1.54.